The number of carbonyl (C=O) groups excluding carboxylic acids is 1. The summed E-state index contributed by atoms with van der Waals surface area (Å²) in [5.41, 5.74) is 3.80. The third-order valence-electron chi connectivity index (χ3n) is 4.83. The minimum Gasteiger partial charge on any atom is -0.455 e. The average molecular weight is 358 g/mol. The molecule has 0 spiro atoms. The number of fused-ring (bicyclic) bond motifs is 1. The predicted molar refractivity (Wildman–Crippen MR) is 106 cm³/mol. The highest BCUT2D eigenvalue weighted by Gasteiger charge is 2.29. The van der Waals surface area contributed by atoms with Crippen molar-refractivity contribution < 1.29 is 9.53 Å². The van der Waals surface area contributed by atoms with E-state index in [-0.39, 0.29) is 5.91 Å². The van der Waals surface area contributed by atoms with Gasteiger partial charge in [0.1, 0.15) is 11.5 Å². The molecule has 136 valence electrons. The lowest BCUT2D eigenvalue weighted by Gasteiger charge is -2.15. The number of unbranched alkanes of at least 4 members (excludes halogenated alkanes) is 1. The van der Waals surface area contributed by atoms with Gasteiger partial charge in [0.05, 0.1) is 12.7 Å². The van der Waals surface area contributed by atoms with Crippen LogP contribution in [0.4, 0.5) is 0 Å². The number of hydrogen-bond acceptors (Lipinski definition) is 3. The first kappa shape index (κ1) is 17.3. The van der Waals surface area contributed by atoms with Gasteiger partial charge in [-0.25, -0.2) is 0 Å². The molecule has 0 radical (unpaired) electrons. The lowest BCUT2D eigenvalue weighted by molar-refractivity contribution is 0.0776. The second kappa shape index (κ2) is 7.62. The van der Waals surface area contributed by atoms with E-state index >= 15 is 0 Å². The Morgan fingerprint density at radius 1 is 1.04 bits per heavy atom. The molecule has 4 heteroatoms. The molecule has 0 fully saturated rings. The number of hydrogen-bond donors (Lipinski definition) is 0. The molecule has 0 bridgehead atoms. The number of aromatic nitrogens is 1. The third-order valence-corrected chi connectivity index (χ3v) is 4.83. The van der Waals surface area contributed by atoms with Crippen molar-refractivity contribution in [2.45, 2.75) is 26.3 Å². The monoisotopic (exact) mass is 358 g/mol. The number of rotatable bonds is 6. The van der Waals surface area contributed by atoms with E-state index in [1.165, 1.54) is 0 Å². The number of carbonyl (C=O) groups is 1. The van der Waals surface area contributed by atoms with Crippen molar-refractivity contribution in [1.82, 2.24) is 9.88 Å². The van der Waals surface area contributed by atoms with Crippen molar-refractivity contribution in [2.24, 2.45) is 0 Å². The molecule has 1 aliphatic rings. The van der Waals surface area contributed by atoms with E-state index in [4.69, 9.17) is 4.74 Å². The van der Waals surface area contributed by atoms with Crippen LogP contribution in [-0.4, -0.2) is 22.3 Å². The van der Waals surface area contributed by atoms with Crippen LogP contribution in [0, 0.1) is 0 Å². The van der Waals surface area contributed by atoms with E-state index in [0.717, 1.165) is 47.4 Å². The first-order valence-electron chi connectivity index (χ1n) is 9.35. The highest BCUT2D eigenvalue weighted by atomic mass is 16.5. The van der Waals surface area contributed by atoms with Gasteiger partial charge >= 0.3 is 0 Å². The zero-order valence-corrected chi connectivity index (χ0v) is 15.4. The van der Waals surface area contributed by atoms with Gasteiger partial charge in [-0.2, -0.15) is 0 Å². The second-order valence-electron chi connectivity index (χ2n) is 6.74. The summed E-state index contributed by atoms with van der Waals surface area (Å²) in [5, 5.41) is 0. The fraction of sp³-hybridized carbons (Fsp3) is 0.217. The molecule has 4 rings (SSSR count). The van der Waals surface area contributed by atoms with Gasteiger partial charge < -0.3 is 9.64 Å². The summed E-state index contributed by atoms with van der Waals surface area (Å²) >= 11 is 0. The Morgan fingerprint density at radius 2 is 1.89 bits per heavy atom. The Bertz CT molecular complexity index is 954. The molecular formula is C23H22N2O2. The van der Waals surface area contributed by atoms with Gasteiger partial charge in [-0.3, -0.25) is 9.78 Å². The minimum atomic E-state index is 0.0973. The highest BCUT2D eigenvalue weighted by Crippen LogP contribution is 2.34. The maximum atomic E-state index is 12.6. The van der Waals surface area contributed by atoms with E-state index < -0.39 is 0 Å². The zero-order chi connectivity index (χ0) is 18.6. The number of nitrogens with zero attached hydrogens (tertiary/aromatic N) is 2. The van der Waals surface area contributed by atoms with Gasteiger partial charge in [0, 0.05) is 29.4 Å². The van der Waals surface area contributed by atoms with E-state index in [1.54, 1.807) is 6.20 Å². The minimum absolute atomic E-state index is 0.0973. The van der Waals surface area contributed by atoms with Crippen molar-refractivity contribution >= 4 is 5.91 Å². The first-order chi connectivity index (χ1) is 13.3. The van der Waals surface area contributed by atoms with E-state index in [1.807, 2.05) is 65.7 Å². The van der Waals surface area contributed by atoms with Crippen molar-refractivity contribution in [1.29, 1.82) is 0 Å². The van der Waals surface area contributed by atoms with Crippen LogP contribution in [0.25, 0.3) is 11.1 Å². The van der Waals surface area contributed by atoms with Crippen LogP contribution in [0.2, 0.25) is 0 Å². The normalized spacial score (nSPS) is 12.9. The van der Waals surface area contributed by atoms with Crippen LogP contribution in [0.5, 0.6) is 11.5 Å². The van der Waals surface area contributed by atoms with Crippen molar-refractivity contribution in [3.05, 3.63) is 78.1 Å². The molecule has 0 N–H and O–H groups in total. The Labute approximate surface area is 159 Å². The molecule has 0 aliphatic carbocycles. The Kier molecular flexibility index (Phi) is 4.88. The molecule has 4 nitrogen and oxygen atoms in total. The van der Waals surface area contributed by atoms with Gasteiger partial charge in [-0.05, 0) is 30.2 Å². The smallest absolute Gasteiger partial charge is 0.254 e. The Morgan fingerprint density at radius 3 is 2.70 bits per heavy atom. The summed E-state index contributed by atoms with van der Waals surface area (Å²) in [7, 11) is 0. The molecule has 27 heavy (non-hydrogen) atoms. The molecular weight excluding hydrogens is 336 g/mol. The SMILES string of the molecule is CCCCN1Cc2c(Oc3cncc(-c4ccccc4)c3)cccc2C1=O. The molecule has 2 aromatic carbocycles. The molecule has 0 saturated heterocycles. The maximum Gasteiger partial charge on any atom is 0.254 e. The molecule has 1 aliphatic heterocycles. The van der Waals surface area contributed by atoms with E-state index in [2.05, 4.69) is 11.9 Å². The standard InChI is InChI=1S/C23H22N2O2/c1-2-3-12-25-16-21-20(23(25)26)10-7-11-22(21)27-19-13-18(14-24-15-19)17-8-5-4-6-9-17/h4-11,13-15H,2-3,12,16H2,1H3. The van der Waals surface area contributed by atoms with E-state index in [9.17, 15) is 4.79 Å². The molecule has 1 amide bonds. The Balaban J connectivity index is 1.60. The summed E-state index contributed by atoms with van der Waals surface area (Å²) in [5.74, 6) is 1.50. The van der Waals surface area contributed by atoms with Crippen LogP contribution in [-0.2, 0) is 6.54 Å². The average Bonchev–Trinajstić information content (AvgIpc) is 3.04. The fourth-order valence-corrected chi connectivity index (χ4v) is 3.38. The predicted octanol–water partition coefficient (Wildman–Crippen LogP) is 5.30. The van der Waals surface area contributed by atoms with Crippen LogP contribution in [0.3, 0.4) is 0 Å². The van der Waals surface area contributed by atoms with Crippen LogP contribution in [0.1, 0.15) is 35.7 Å². The summed E-state index contributed by atoms with van der Waals surface area (Å²) < 4.78 is 6.14. The summed E-state index contributed by atoms with van der Waals surface area (Å²) in [6, 6.07) is 17.8. The second-order valence-corrected chi connectivity index (χ2v) is 6.74. The van der Waals surface area contributed by atoms with Crippen molar-refractivity contribution in [2.75, 3.05) is 6.54 Å². The lowest BCUT2D eigenvalue weighted by Crippen LogP contribution is -2.24. The third kappa shape index (κ3) is 3.56. The summed E-state index contributed by atoms with van der Waals surface area (Å²) in [6.07, 6.45) is 5.62. The molecule has 2 heterocycles. The Hall–Kier alpha value is -3.14. The number of amides is 1. The molecule has 0 atom stereocenters. The van der Waals surface area contributed by atoms with Crippen molar-refractivity contribution in [3.63, 3.8) is 0 Å². The summed E-state index contributed by atoms with van der Waals surface area (Å²) in [4.78, 5) is 18.8. The highest BCUT2D eigenvalue weighted by molar-refractivity contribution is 5.99. The molecule has 0 saturated carbocycles. The van der Waals surface area contributed by atoms with Gasteiger partial charge in [0.25, 0.3) is 5.91 Å². The van der Waals surface area contributed by atoms with Crippen LogP contribution >= 0.6 is 0 Å². The summed E-state index contributed by atoms with van der Waals surface area (Å²) in [6.45, 7) is 3.53. The van der Waals surface area contributed by atoms with E-state index in [0.29, 0.717) is 12.3 Å². The number of ether oxygens (including phenoxy) is 1. The van der Waals surface area contributed by atoms with Crippen molar-refractivity contribution in [3.8, 4) is 22.6 Å². The lowest BCUT2D eigenvalue weighted by atomic mass is 10.1. The number of benzene rings is 2. The van der Waals surface area contributed by atoms with Crippen LogP contribution < -0.4 is 4.74 Å². The topological polar surface area (TPSA) is 42.4 Å². The number of pyridine rings is 1. The van der Waals surface area contributed by atoms with Gasteiger partial charge in [0.2, 0.25) is 0 Å². The van der Waals surface area contributed by atoms with Gasteiger partial charge in [-0.15, -0.1) is 0 Å². The molecule has 0 unspecified atom stereocenters. The maximum absolute atomic E-state index is 12.6. The molecule has 3 aromatic rings. The van der Waals surface area contributed by atoms with Gasteiger partial charge in [0.15, 0.2) is 0 Å². The first-order valence-corrected chi connectivity index (χ1v) is 9.35. The fourth-order valence-electron chi connectivity index (χ4n) is 3.38. The zero-order valence-electron chi connectivity index (χ0n) is 15.4. The molecule has 1 aromatic heterocycles. The largest absolute Gasteiger partial charge is 0.455 e. The van der Waals surface area contributed by atoms with Gasteiger partial charge in [-0.1, -0.05) is 49.7 Å². The van der Waals surface area contributed by atoms with Crippen LogP contribution in [0.15, 0.2) is 67.0 Å². The quantitative estimate of drug-likeness (QED) is 0.601.